The lowest BCUT2D eigenvalue weighted by Gasteiger charge is -2.21. The Morgan fingerprint density at radius 2 is 1.65 bits per heavy atom. The number of likely N-dealkylation sites (tertiary alicyclic amines) is 1. The first-order valence-electron chi connectivity index (χ1n) is 7.25. The third kappa shape index (κ3) is 2.82. The zero-order valence-corrected chi connectivity index (χ0v) is 12.5. The molecule has 0 amide bonds. The molecule has 1 heterocycles. The average Bonchev–Trinajstić information content (AvgIpc) is 2.87. The molecule has 4 nitrogen and oxygen atoms in total. The number of nitrogens with zero attached hydrogens (tertiary/aromatic N) is 1. The van der Waals surface area contributed by atoms with Crippen molar-refractivity contribution in [2.75, 3.05) is 20.1 Å². The van der Waals surface area contributed by atoms with Crippen LogP contribution in [0.4, 0.5) is 8.78 Å². The van der Waals surface area contributed by atoms with Crippen LogP contribution in [-0.2, 0) is 0 Å². The molecule has 0 radical (unpaired) electrons. The molecule has 1 aliphatic heterocycles. The van der Waals surface area contributed by atoms with Crippen LogP contribution in [0.5, 0.6) is 17.2 Å². The van der Waals surface area contributed by atoms with Crippen LogP contribution in [0, 0.1) is 11.6 Å². The molecule has 2 unspecified atom stereocenters. The number of likely N-dealkylation sites (N-methyl/N-ethyl adjacent to an activating group) is 1. The summed E-state index contributed by atoms with van der Waals surface area (Å²) in [5.41, 5.74) is 0.947. The molecule has 2 aromatic rings. The molecule has 1 fully saturated rings. The molecule has 122 valence electrons. The van der Waals surface area contributed by atoms with E-state index >= 15 is 0 Å². The molecule has 0 saturated carbocycles. The normalized spacial score (nSPS) is 21.7. The van der Waals surface area contributed by atoms with Gasteiger partial charge in [-0.25, -0.2) is 8.78 Å². The maximum atomic E-state index is 13.7. The highest BCUT2D eigenvalue weighted by Crippen LogP contribution is 2.44. The van der Waals surface area contributed by atoms with Gasteiger partial charge in [0.25, 0.3) is 0 Å². The molecular formula is C17H17F2NO3. The third-order valence-electron chi connectivity index (χ3n) is 4.39. The molecule has 0 bridgehead atoms. The Labute approximate surface area is 132 Å². The fraction of sp³-hybridized carbons (Fsp3) is 0.294. The summed E-state index contributed by atoms with van der Waals surface area (Å²) in [4.78, 5) is 1.99. The highest BCUT2D eigenvalue weighted by atomic mass is 19.1. The van der Waals surface area contributed by atoms with Crippen LogP contribution in [0.15, 0.2) is 30.3 Å². The van der Waals surface area contributed by atoms with Gasteiger partial charge in [0.2, 0.25) is 0 Å². The fourth-order valence-corrected chi connectivity index (χ4v) is 3.29. The van der Waals surface area contributed by atoms with Gasteiger partial charge >= 0.3 is 0 Å². The van der Waals surface area contributed by atoms with Crippen LogP contribution in [0.25, 0.3) is 0 Å². The maximum Gasteiger partial charge on any atom is 0.168 e. The van der Waals surface area contributed by atoms with Gasteiger partial charge in [0, 0.05) is 36.6 Å². The van der Waals surface area contributed by atoms with Gasteiger partial charge in [0.05, 0.1) is 0 Å². The Balaban J connectivity index is 2.05. The topological polar surface area (TPSA) is 63.9 Å². The Morgan fingerprint density at radius 3 is 2.35 bits per heavy atom. The first-order chi connectivity index (χ1) is 10.9. The molecular weight excluding hydrogens is 304 g/mol. The van der Waals surface area contributed by atoms with Crippen LogP contribution in [0.3, 0.4) is 0 Å². The van der Waals surface area contributed by atoms with E-state index in [1.54, 1.807) is 6.07 Å². The summed E-state index contributed by atoms with van der Waals surface area (Å²) in [6.07, 6.45) is 0. The van der Waals surface area contributed by atoms with Gasteiger partial charge < -0.3 is 20.2 Å². The number of phenols is 3. The van der Waals surface area contributed by atoms with E-state index in [0.717, 1.165) is 11.6 Å². The minimum absolute atomic E-state index is 0.168. The van der Waals surface area contributed by atoms with E-state index in [1.807, 2.05) is 11.9 Å². The zero-order chi connectivity index (χ0) is 16.7. The maximum absolute atomic E-state index is 13.7. The molecule has 0 aliphatic carbocycles. The van der Waals surface area contributed by atoms with Crippen LogP contribution < -0.4 is 0 Å². The van der Waals surface area contributed by atoms with E-state index in [1.165, 1.54) is 12.1 Å². The van der Waals surface area contributed by atoms with E-state index in [0.29, 0.717) is 19.2 Å². The van der Waals surface area contributed by atoms with E-state index in [-0.39, 0.29) is 28.9 Å². The monoisotopic (exact) mass is 321 g/mol. The van der Waals surface area contributed by atoms with E-state index < -0.39 is 17.4 Å². The minimum Gasteiger partial charge on any atom is -0.505 e. The van der Waals surface area contributed by atoms with Crippen LogP contribution in [-0.4, -0.2) is 40.4 Å². The Hall–Kier alpha value is -2.34. The van der Waals surface area contributed by atoms with Gasteiger partial charge in [-0.05, 0) is 30.8 Å². The summed E-state index contributed by atoms with van der Waals surface area (Å²) in [5, 5.41) is 29.1. The number of rotatable bonds is 2. The Bertz CT molecular complexity index is 751. The molecule has 3 N–H and O–H groups in total. The highest BCUT2D eigenvalue weighted by Gasteiger charge is 2.35. The van der Waals surface area contributed by atoms with Crippen molar-refractivity contribution in [3.8, 4) is 17.2 Å². The summed E-state index contributed by atoms with van der Waals surface area (Å²) in [5.74, 6) is -3.23. The van der Waals surface area contributed by atoms with Crippen molar-refractivity contribution in [2.45, 2.75) is 11.8 Å². The summed E-state index contributed by atoms with van der Waals surface area (Å²) in [6.45, 7) is 1.12. The van der Waals surface area contributed by atoms with Gasteiger partial charge in [0.15, 0.2) is 23.1 Å². The molecule has 6 heteroatoms. The molecule has 1 aliphatic rings. The largest absolute Gasteiger partial charge is 0.505 e. The quantitative estimate of drug-likeness (QED) is 0.744. The van der Waals surface area contributed by atoms with E-state index in [4.69, 9.17) is 0 Å². The number of aromatic hydroxyl groups is 3. The lowest BCUT2D eigenvalue weighted by molar-refractivity contribution is 0.398. The predicted molar refractivity (Wildman–Crippen MR) is 80.8 cm³/mol. The molecule has 0 aromatic heterocycles. The van der Waals surface area contributed by atoms with Crippen molar-refractivity contribution in [1.29, 1.82) is 0 Å². The summed E-state index contributed by atoms with van der Waals surface area (Å²) < 4.78 is 27.2. The fourth-order valence-electron chi connectivity index (χ4n) is 3.29. The van der Waals surface area contributed by atoms with Crippen molar-refractivity contribution < 1.29 is 24.1 Å². The van der Waals surface area contributed by atoms with Gasteiger partial charge in [-0.15, -0.1) is 0 Å². The van der Waals surface area contributed by atoms with Crippen LogP contribution >= 0.6 is 0 Å². The van der Waals surface area contributed by atoms with Crippen LogP contribution in [0.1, 0.15) is 23.0 Å². The lowest BCUT2D eigenvalue weighted by atomic mass is 9.83. The first kappa shape index (κ1) is 15.6. The summed E-state index contributed by atoms with van der Waals surface area (Å²) in [6, 6.07) is 6.29. The van der Waals surface area contributed by atoms with Crippen molar-refractivity contribution in [3.63, 3.8) is 0 Å². The Kier molecular flexibility index (Phi) is 3.85. The van der Waals surface area contributed by atoms with Crippen molar-refractivity contribution >= 4 is 0 Å². The molecule has 1 saturated heterocycles. The van der Waals surface area contributed by atoms with E-state index in [9.17, 15) is 24.1 Å². The second-order valence-corrected chi connectivity index (χ2v) is 6.01. The third-order valence-corrected chi connectivity index (χ3v) is 4.39. The number of hydrogen-bond donors (Lipinski definition) is 3. The number of phenolic OH excluding ortho intramolecular Hbond substituents is 3. The molecule has 2 aromatic carbocycles. The zero-order valence-electron chi connectivity index (χ0n) is 12.5. The Morgan fingerprint density at radius 1 is 0.957 bits per heavy atom. The van der Waals surface area contributed by atoms with Gasteiger partial charge in [-0.1, -0.05) is 6.07 Å². The summed E-state index contributed by atoms with van der Waals surface area (Å²) >= 11 is 0. The number of hydrogen-bond acceptors (Lipinski definition) is 4. The van der Waals surface area contributed by atoms with Gasteiger partial charge in [-0.2, -0.15) is 0 Å². The van der Waals surface area contributed by atoms with Crippen molar-refractivity contribution in [3.05, 3.63) is 53.1 Å². The average molecular weight is 321 g/mol. The standard InChI is InChI=1S/C17H17F2NO3/c1-20-7-12(9-2-3-15(21)16(22)4-9)13(8-20)11-5-10(18)6-14(19)17(11)23/h2-6,12-13,21-23H,7-8H2,1H3. The number of halogens is 2. The lowest BCUT2D eigenvalue weighted by Crippen LogP contribution is -2.13. The van der Waals surface area contributed by atoms with Gasteiger partial charge in [0.1, 0.15) is 5.82 Å². The first-order valence-corrected chi connectivity index (χ1v) is 7.25. The highest BCUT2D eigenvalue weighted by molar-refractivity contribution is 5.45. The molecule has 0 spiro atoms. The van der Waals surface area contributed by atoms with Gasteiger partial charge in [-0.3, -0.25) is 0 Å². The predicted octanol–water partition coefficient (Wildman–Crippen LogP) is 2.89. The second kappa shape index (κ2) is 5.70. The van der Waals surface area contributed by atoms with Crippen LogP contribution in [0.2, 0.25) is 0 Å². The summed E-state index contributed by atoms with van der Waals surface area (Å²) in [7, 11) is 1.87. The molecule has 2 atom stereocenters. The number of benzene rings is 2. The SMILES string of the molecule is CN1CC(c2ccc(O)c(O)c2)C(c2cc(F)cc(F)c2O)C1. The smallest absolute Gasteiger partial charge is 0.168 e. The van der Waals surface area contributed by atoms with Crippen molar-refractivity contribution in [2.24, 2.45) is 0 Å². The van der Waals surface area contributed by atoms with E-state index in [2.05, 4.69) is 0 Å². The van der Waals surface area contributed by atoms with Crippen molar-refractivity contribution in [1.82, 2.24) is 4.90 Å². The minimum atomic E-state index is -0.984. The molecule has 23 heavy (non-hydrogen) atoms. The second-order valence-electron chi connectivity index (χ2n) is 6.01. The molecule has 3 rings (SSSR count).